The maximum absolute atomic E-state index is 13.8. The number of aliphatic imine (C=N–C) groups is 1. The van der Waals surface area contributed by atoms with E-state index in [1.165, 1.54) is 4.90 Å². The highest BCUT2D eigenvalue weighted by Gasteiger charge is 2.74. The molecule has 1 saturated heterocycles. The smallest absolute Gasteiger partial charge is 0.437 e. The molecule has 2 fully saturated rings. The number of carbonyl (C=O) groups is 2. The third kappa shape index (κ3) is 4.20. The lowest BCUT2D eigenvalue weighted by molar-refractivity contribution is -0.207. The Labute approximate surface area is 235 Å². The third-order valence-corrected chi connectivity index (χ3v) is 8.79. The Morgan fingerprint density at radius 1 is 1.15 bits per heavy atom. The van der Waals surface area contributed by atoms with E-state index in [9.17, 15) is 14.7 Å². The maximum atomic E-state index is 13.8. The van der Waals surface area contributed by atoms with Crippen molar-refractivity contribution < 1.29 is 33.6 Å². The van der Waals surface area contributed by atoms with Gasteiger partial charge in [0, 0.05) is 18.7 Å². The van der Waals surface area contributed by atoms with Gasteiger partial charge in [0.2, 0.25) is 5.96 Å². The summed E-state index contributed by atoms with van der Waals surface area (Å²) in [4.78, 5) is 34.0. The van der Waals surface area contributed by atoms with E-state index in [0.717, 1.165) is 24.1 Å². The molecule has 1 spiro atoms. The van der Waals surface area contributed by atoms with Crippen molar-refractivity contribution in [3.05, 3.63) is 23.3 Å². The molecule has 1 saturated carbocycles. The number of methoxy groups -OCH3 is 1. The van der Waals surface area contributed by atoms with E-state index in [2.05, 4.69) is 16.9 Å². The summed E-state index contributed by atoms with van der Waals surface area (Å²) >= 11 is 0. The Bertz CT molecular complexity index is 1250. The summed E-state index contributed by atoms with van der Waals surface area (Å²) in [6.07, 6.45) is 0.186. The molecule has 2 aliphatic carbocycles. The summed E-state index contributed by atoms with van der Waals surface area (Å²) in [5, 5.41) is 10.9. The van der Waals surface area contributed by atoms with E-state index in [0.29, 0.717) is 25.0 Å². The van der Waals surface area contributed by atoms with Gasteiger partial charge in [0.15, 0.2) is 11.5 Å². The van der Waals surface area contributed by atoms with Crippen LogP contribution in [0.3, 0.4) is 0 Å². The largest absolute Gasteiger partial charge is 0.504 e. The van der Waals surface area contributed by atoms with Crippen LogP contribution in [0.2, 0.25) is 0 Å². The third-order valence-electron chi connectivity index (χ3n) is 8.79. The zero-order valence-corrected chi connectivity index (χ0v) is 24.7. The average Bonchev–Trinajstić information content (AvgIpc) is 3.17. The molecule has 2 bridgehead atoms. The molecule has 0 aromatic heterocycles. The van der Waals surface area contributed by atoms with Crippen molar-refractivity contribution in [3.8, 4) is 11.5 Å². The summed E-state index contributed by atoms with van der Waals surface area (Å²) in [6, 6.07) is 3.03. The first-order chi connectivity index (χ1) is 18.5. The normalized spacial score (nSPS) is 31.2. The van der Waals surface area contributed by atoms with Crippen LogP contribution in [0, 0.1) is 0 Å². The summed E-state index contributed by atoms with van der Waals surface area (Å²) in [7, 11) is 3.85. The first kappa shape index (κ1) is 28.5. The van der Waals surface area contributed by atoms with Crippen LogP contribution in [0.5, 0.6) is 11.5 Å². The number of phenols is 1. The van der Waals surface area contributed by atoms with Crippen molar-refractivity contribution in [1.29, 1.82) is 0 Å². The molecule has 1 aromatic carbocycles. The van der Waals surface area contributed by atoms with E-state index in [1.54, 1.807) is 54.7 Å². The lowest BCUT2D eigenvalue weighted by Crippen LogP contribution is -2.78. The summed E-state index contributed by atoms with van der Waals surface area (Å²) in [6.45, 7) is 11.2. The molecule has 1 aromatic rings. The predicted octanol–water partition coefficient (Wildman–Crippen LogP) is 3.69. The van der Waals surface area contributed by atoms with Crippen molar-refractivity contribution in [2.75, 3.05) is 20.7 Å². The number of likely N-dealkylation sites (N-methyl/N-ethyl adjacent to an activating group) is 1. The minimum atomic E-state index is -0.911. The fraction of sp³-hybridized carbons (Fsp3) is 0.690. The van der Waals surface area contributed by atoms with Crippen LogP contribution in [0.15, 0.2) is 17.1 Å². The lowest BCUT2D eigenvalue weighted by Gasteiger charge is -2.65. The first-order valence-corrected chi connectivity index (χ1v) is 13.9. The SMILES string of the molecule is CO[C@@]12CC[C@@H](N(C(=O)OC(C)(C)C)/C(N)=N/C(=O)OC(C)(C)C)[C@@H]3Oc4c(O)ccc5c4C31CCN(C)C2C5. The molecule has 3 N–H and O–H groups in total. The van der Waals surface area contributed by atoms with Gasteiger partial charge in [-0.15, -0.1) is 4.99 Å². The molecule has 2 amide bonds. The summed E-state index contributed by atoms with van der Waals surface area (Å²) in [5.41, 5.74) is 5.55. The van der Waals surface area contributed by atoms with Crippen LogP contribution < -0.4 is 10.5 Å². The Kier molecular flexibility index (Phi) is 6.58. The number of likely N-dealkylation sites (tertiary alicyclic amines) is 1. The fourth-order valence-electron chi connectivity index (χ4n) is 7.52. The van der Waals surface area contributed by atoms with Gasteiger partial charge >= 0.3 is 12.2 Å². The summed E-state index contributed by atoms with van der Waals surface area (Å²) in [5.74, 6) is 0.132. The van der Waals surface area contributed by atoms with Crippen LogP contribution in [-0.2, 0) is 26.0 Å². The molecular weight excluding hydrogens is 516 g/mol. The number of phenolic OH excluding ortho intramolecular Hbond substituents is 1. The highest BCUT2D eigenvalue weighted by molar-refractivity contribution is 5.98. The number of nitrogens with two attached hydrogens (primary N) is 1. The van der Waals surface area contributed by atoms with E-state index < -0.39 is 46.6 Å². The second kappa shape index (κ2) is 9.24. The van der Waals surface area contributed by atoms with Crippen LogP contribution >= 0.6 is 0 Å². The molecule has 11 nitrogen and oxygen atoms in total. The Balaban J connectivity index is 1.65. The number of piperidine rings is 1. The molecule has 2 heterocycles. The number of amides is 2. The number of guanidine groups is 1. The van der Waals surface area contributed by atoms with Crippen molar-refractivity contribution >= 4 is 18.1 Å². The van der Waals surface area contributed by atoms with Gasteiger partial charge in [-0.05, 0) is 92.4 Å². The minimum Gasteiger partial charge on any atom is -0.504 e. The lowest BCUT2D eigenvalue weighted by atomic mass is 9.48. The van der Waals surface area contributed by atoms with Crippen LogP contribution in [0.1, 0.15) is 71.9 Å². The van der Waals surface area contributed by atoms with Gasteiger partial charge in [0.05, 0.1) is 17.1 Å². The van der Waals surface area contributed by atoms with Gasteiger partial charge in [-0.1, -0.05) is 6.07 Å². The van der Waals surface area contributed by atoms with Crippen molar-refractivity contribution in [1.82, 2.24) is 9.80 Å². The summed E-state index contributed by atoms with van der Waals surface area (Å²) < 4.78 is 24.3. The quantitative estimate of drug-likeness (QED) is 0.411. The van der Waals surface area contributed by atoms with Gasteiger partial charge in [0.1, 0.15) is 17.3 Å². The zero-order chi connectivity index (χ0) is 29.4. The van der Waals surface area contributed by atoms with Crippen LogP contribution in [0.4, 0.5) is 9.59 Å². The molecule has 40 heavy (non-hydrogen) atoms. The Morgan fingerprint density at radius 2 is 1.82 bits per heavy atom. The van der Waals surface area contributed by atoms with Crippen molar-refractivity contribution in [2.24, 2.45) is 10.7 Å². The molecule has 2 unspecified atom stereocenters. The molecule has 0 radical (unpaired) electrons. The molecule has 2 aliphatic heterocycles. The Hall–Kier alpha value is -3.05. The van der Waals surface area contributed by atoms with Gasteiger partial charge in [-0.25, -0.2) is 14.5 Å². The van der Waals surface area contributed by atoms with E-state index in [1.807, 2.05) is 6.07 Å². The Morgan fingerprint density at radius 3 is 2.45 bits per heavy atom. The van der Waals surface area contributed by atoms with Crippen LogP contribution in [-0.4, -0.2) is 88.7 Å². The second-order valence-corrected chi connectivity index (χ2v) is 13.4. The number of benzene rings is 1. The zero-order valence-electron chi connectivity index (χ0n) is 24.7. The standard InChI is InChI=1S/C29H42N4O7/c1-26(2,3)39-24(35)31-23(30)33(25(36)40-27(4,5)6)17-11-12-29(37-8)19-15-16-9-10-18(34)21-20(16)28(29,22(17)38-21)13-14-32(19)7/h9-10,17,19,22,34H,11-15H2,1-8H3,(H2,30,31,35)/t17-,19?,22+,28?,29-/m1/s1. The number of rotatable bonds is 2. The maximum Gasteiger partial charge on any atom is 0.437 e. The number of nitrogens with zero attached hydrogens (tertiary/aromatic N) is 3. The van der Waals surface area contributed by atoms with Crippen molar-refractivity contribution in [2.45, 2.75) is 108 Å². The second-order valence-electron chi connectivity index (χ2n) is 13.4. The topological polar surface area (TPSA) is 136 Å². The van der Waals surface area contributed by atoms with E-state index >= 15 is 0 Å². The van der Waals surface area contributed by atoms with Gasteiger partial charge < -0.3 is 34.7 Å². The van der Waals surface area contributed by atoms with E-state index in [4.69, 9.17) is 24.7 Å². The molecule has 11 heteroatoms. The molecule has 5 atom stereocenters. The number of hydrogen-bond donors (Lipinski definition) is 2. The highest BCUT2D eigenvalue weighted by atomic mass is 16.6. The first-order valence-electron chi connectivity index (χ1n) is 13.9. The number of aromatic hydroxyl groups is 1. The predicted molar refractivity (Wildman–Crippen MR) is 148 cm³/mol. The number of carbonyl (C=O) groups excluding carboxylic acids is 2. The van der Waals surface area contributed by atoms with Gasteiger partial charge in [-0.3, -0.25) is 0 Å². The molecule has 4 aliphatic rings. The average molecular weight is 559 g/mol. The number of ether oxygens (including phenoxy) is 4. The van der Waals surface area contributed by atoms with Crippen LogP contribution in [0.25, 0.3) is 0 Å². The minimum absolute atomic E-state index is 0.0443. The van der Waals surface area contributed by atoms with Crippen molar-refractivity contribution in [3.63, 3.8) is 0 Å². The van der Waals surface area contributed by atoms with Gasteiger partial charge in [-0.2, -0.15) is 0 Å². The molecular formula is C29H42N4O7. The fourth-order valence-corrected chi connectivity index (χ4v) is 7.52. The molecule has 220 valence electrons. The molecule has 5 rings (SSSR count). The van der Waals surface area contributed by atoms with E-state index in [-0.39, 0.29) is 17.8 Å². The number of hydrogen-bond acceptors (Lipinski definition) is 8. The van der Waals surface area contributed by atoms with Gasteiger partial charge in [0.25, 0.3) is 0 Å². The monoisotopic (exact) mass is 558 g/mol. The highest BCUT2D eigenvalue weighted by Crippen LogP contribution is 2.66.